The highest BCUT2D eigenvalue weighted by molar-refractivity contribution is 5.87. The van der Waals surface area contributed by atoms with Crippen molar-refractivity contribution in [3.05, 3.63) is 78.4 Å². The summed E-state index contributed by atoms with van der Waals surface area (Å²) in [6, 6.07) is 6.20. The minimum atomic E-state index is -0.965. The number of allylic oxidation sites excluding steroid dienone is 7. The van der Waals surface area contributed by atoms with Crippen LogP contribution in [0.4, 0.5) is 0 Å². The van der Waals surface area contributed by atoms with Crippen LogP contribution in [0.5, 0.6) is 5.75 Å². The first-order valence-electron chi connectivity index (χ1n) is 8.92. The summed E-state index contributed by atoms with van der Waals surface area (Å²) in [7, 11) is 0. The highest BCUT2D eigenvalue weighted by Crippen LogP contribution is 2.12. The fourth-order valence-electron chi connectivity index (χ4n) is 2.06. The number of unbranched alkanes of at least 4 members (excludes halogenated alkanes) is 1. The molecule has 2 N–H and O–H groups in total. The predicted octanol–water partition coefficient (Wildman–Crippen LogP) is 4.93. The van der Waals surface area contributed by atoms with Gasteiger partial charge in [-0.1, -0.05) is 55.5 Å². The second-order valence-electron chi connectivity index (χ2n) is 5.69. The van der Waals surface area contributed by atoms with E-state index in [0.29, 0.717) is 18.8 Å². The monoisotopic (exact) mass is 356 g/mol. The van der Waals surface area contributed by atoms with Gasteiger partial charge in [0.15, 0.2) is 0 Å². The zero-order valence-corrected chi connectivity index (χ0v) is 15.3. The lowest BCUT2D eigenvalue weighted by Gasteiger charge is -2.08. The number of hydrogen-bond acceptors (Lipinski definition) is 3. The smallest absolute Gasteiger partial charge is 0.335 e. The summed E-state index contributed by atoms with van der Waals surface area (Å²) in [5.74, 6) is -0.377. The number of carboxylic acids is 1. The van der Waals surface area contributed by atoms with E-state index >= 15 is 0 Å². The molecule has 0 heterocycles. The van der Waals surface area contributed by atoms with Crippen LogP contribution < -0.4 is 4.74 Å². The lowest BCUT2D eigenvalue weighted by atomic mass is 10.2. The molecule has 0 aliphatic heterocycles. The fraction of sp³-hybridized carbons (Fsp3) is 0.318. The number of aliphatic hydroxyl groups excluding tert-OH is 1. The zero-order valence-electron chi connectivity index (χ0n) is 15.3. The van der Waals surface area contributed by atoms with Crippen molar-refractivity contribution < 1.29 is 19.7 Å². The number of aromatic carboxylic acids is 1. The van der Waals surface area contributed by atoms with Crippen LogP contribution >= 0.6 is 0 Å². The topological polar surface area (TPSA) is 66.8 Å². The van der Waals surface area contributed by atoms with Crippen molar-refractivity contribution >= 4 is 5.97 Å². The van der Waals surface area contributed by atoms with E-state index in [1.165, 1.54) is 12.1 Å². The van der Waals surface area contributed by atoms with Gasteiger partial charge >= 0.3 is 5.97 Å². The molecule has 0 aromatic heterocycles. The van der Waals surface area contributed by atoms with Gasteiger partial charge in [0.1, 0.15) is 5.75 Å². The largest absolute Gasteiger partial charge is 0.493 e. The number of carbonyl (C=O) groups is 1. The molecule has 1 rings (SSSR count). The molecule has 0 spiro atoms. The number of aliphatic hydroxyl groups is 1. The highest BCUT2D eigenvalue weighted by Gasteiger charge is 2.03. The van der Waals surface area contributed by atoms with Crippen molar-refractivity contribution in [3.8, 4) is 5.75 Å². The molecule has 0 amide bonds. The second-order valence-corrected chi connectivity index (χ2v) is 5.69. The summed E-state index contributed by atoms with van der Waals surface area (Å²) in [5.41, 5.74) is 0.221. The fourth-order valence-corrected chi connectivity index (χ4v) is 2.06. The Bertz CT molecular complexity index is 624. The summed E-state index contributed by atoms with van der Waals surface area (Å²) in [6.07, 6.45) is 18.9. The normalized spacial score (nSPS) is 13.3. The molecule has 1 aromatic carbocycles. The van der Waals surface area contributed by atoms with Crippen molar-refractivity contribution in [3.63, 3.8) is 0 Å². The molecule has 0 saturated heterocycles. The van der Waals surface area contributed by atoms with Crippen LogP contribution in [0.2, 0.25) is 0 Å². The molecular weight excluding hydrogens is 328 g/mol. The van der Waals surface area contributed by atoms with E-state index in [-0.39, 0.29) is 5.56 Å². The highest BCUT2D eigenvalue weighted by atomic mass is 16.5. The summed E-state index contributed by atoms with van der Waals surface area (Å²) in [6.45, 7) is 2.48. The molecule has 26 heavy (non-hydrogen) atoms. The molecule has 0 fully saturated rings. The molecule has 0 aliphatic rings. The maximum absolute atomic E-state index is 10.8. The third-order valence-electron chi connectivity index (χ3n) is 3.49. The van der Waals surface area contributed by atoms with Crippen LogP contribution in [0, 0.1) is 0 Å². The molecule has 140 valence electrons. The summed E-state index contributed by atoms with van der Waals surface area (Å²) in [4.78, 5) is 10.8. The number of carboxylic acid groups (broad SMARTS) is 1. The lowest BCUT2D eigenvalue weighted by Crippen LogP contribution is -2.09. The SMILES string of the molecule is CC/C=C\CC/C=C/C=C\C=C\C(O)CCOc1ccc(C(=O)O)cc1. The Kier molecular flexibility index (Phi) is 11.3. The van der Waals surface area contributed by atoms with Crippen LogP contribution in [-0.2, 0) is 0 Å². The Morgan fingerprint density at radius 1 is 1.04 bits per heavy atom. The summed E-state index contributed by atoms with van der Waals surface area (Å²) < 4.78 is 5.49. The van der Waals surface area contributed by atoms with E-state index in [9.17, 15) is 9.90 Å². The van der Waals surface area contributed by atoms with E-state index < -0.39 is 12.1 Å². The minimum absolute atomic E-state index is 0.221. The third kappa shape index (κ3) is 10.3. The van der Waals surface area contributed by atoms with E-state index in [0.717, 1.165) is 19.3 Å². The molecule has 0 aliphatic carbocycles. The second kappa shape index (κ2) is 13.7. The van der Waals surface area contributed by atoms with Crippen molar-refractivity contribution in [2.75, 3.05) is 6.61 Å². The number of ether oxygens (including phenoxy) is 1. The first-order valence-corrected chi connectivity index (χ1v) is 8.92. The van der Waals surface area contributed by atoms with Gasteiger partial charge in [-0.25, -0.2) is 4.79 Å². The molecule has 4 heteroatoms. The zero-order chi connectivity index (χ0) is 19.0. The molecule has 1 aromatic rings. The van der Waals surface area contributed by atoms with Crippen molar-refractivity contribution in [1.82, 2.24) is 0 Å². The maximum Gasteiger partial charge on any atom is 0.335 e. The Balaban J connectivity index is 2.18. The van der Waals surface area contributed by atoms with Crippen molar-refractivity contribution in [2.45, 2.75) is 38.7 Å². The standard InChI is InChI=1S/C22H28O4/c1-2-3-4-5-6-7-8-9-10-11-12-20(23)17-18-26-21-15-13-19(14-16-21)22(24)25/h3-4,7-16,20,23H,2,5-6,17-18H2,1H3,(H,24,25)/b4-3-,8-7+,10-9-,12-11+. The van der Waals surface area contributed by atoms with Gasteiger partial charge < -0.3 is 14.9 Å². The van der Waals surface area contributed by atoms with Crippen LogP contribution in [0.15, 0.2) is 72.9 Å². The van der Waals surface area contributed by atoms with Crippen LogP contribution in [-0.4, -0.2) is 28.9 Å². The molecule has 1 atom stereocenters. The van der Waals surface area contributed by atoms with E-state index in [4.69, 9.17) is 9.84 Å². The molecule has 1 unspecified atom stereocenters. The van der Waals surface area contributed by atoms with Crippen molar-refractivity contribution in [1.29, 1.82) is 0 Å². The first-order chi connectivity index (χ1) is 12.6. The van der Waals surface area contributed by atoms with Crippen LogP contribution in [0.25, 0.3) is 0 Å². The average molecular weight is 356 g/mol. The number of rotatable bonds is 12. The lowest BCUT2D eigenvalue weighted by molar-refractivity contribution is 0.0697. The van der Waals surface area contributed by atoms with Gasteiger partial charge in [-0.3, -0.25) is 0 Å². The molecule has 0 saturated carbocycles. The minimum Gasteiger partial charge on any atom is -0.493 e. The maximum atomic E-state index is 10.8. The Morgan fingerprint density at radius 3 is 2.42 bits per heavy atom. The van der Waals surface area contributed by atoms with Gasteiger partial charge in [0.05, 0.1) is 18.3 Å². The van der Waals surface area contributed by atoms with E-state index in [1.807, 2.05) is 24.3 Å². The molecule has 4 nitrogen and oxygen atoms in total. The quantitative estimate of drug-likeness (QED) is 0.317. The van der Waals surface area contributed by atoms with Crippen LogP contribution in [0.3, 0.4) is 0 Å². The number of benzene rings is 1. The van der Waals surface area contributed by atoms with Gasteiger partial charge in [0, 0.05) is 6.42 Å². The Labute approximate surface area is 155 Å². The Morgan fingerprint density at radius 2 is 1.73 bits per heavy atom. The third-order valence-corrected chi connectivity index (χ3v) is 3.49. The van der Waals surface area contributed by atoms with Gasteiger partial charge in [0.2, 0.25) is 0 Å². The predicted molar refractivity (Wildman–Crippen MR) is 106 cm³/mol. The number of hydrogen-bond donors (Lipinski definition) is 2. The average Bonchev–Trinajstić information content (AvgIpc) is 2.63. The summed E-state index contributed by atoms with van der Waals surface area (Å²) in [5, 5.41) is 18.7. The van der Waals surface area contributed by atoms with Crippen molar-refractivity contribution in [2.24, 2.45) is 0 Å². The first kappa shape index (κ1) is 21.5. The van der Waals surface area contributed by atoms with E-state index in [1.54, 1.807) is 18.2 Å². The molecule has 0 bridgehead atoms. The molecular formula is C22H28O4. The van der Waals surface area contributed by atoms with Gasteiger partial charge in [-0.05, 0) is 43.5 Å². The van der Waals surface area contributed by atoms with Gasteiger partial charge in [-0.2, -0.15) is 0 Å². The Hall–Kier alpha value is -2.59. The van der Waals surface area contributed by atoms with E-state index in [2.05, 4.69) is 25.2 Å². The van der Waals surface area contributed by atoms with Gasteiger partial charge in [0.25, 0.3) is 0 Å². The summed E-state index contributed by atoms with van der Waals surface area (Å²) >= 11 is 0. The van der Waals surface area contributed by atoms with Gasteiger partial charge in [-0.15, -0.1) is 0 Å². The van der Waals surface area contributed by atoms with Crippen LogP contribution in [0.1, 0.15) is 43.0 Å². The molecule has 0 radical (unpaired) electrons.